The molecule has 3 nitrogen and oxygen atoms in total. The molecule has 1 atom stereocenters. The maximum Gasteiger partial charge on any atom is 0.0606 e. The van der Waals surface area contributed by atoms with Crippen molar-refractivity contribution in [2.45, 2.75) is 44.7 Å². The van der Waals surface area contributed by atoms with E-state index in [1.807, 2.05) is 13.0 Å². The van der Waals surface area contributed by atoms with Gasteiger partial charge in [-0.3, -0.25) is 0 Å². The molecular weight excluding hydrogens is 304 g/mol. The average Bonchev–Trinajstić information content (AvgIpc) is 2.89. The van der Waals surface area contributed by atoms with Gasteiger partial charge in [0.05, 0.1) is 6.61 Å². The molecule has 1 unspecified atom stereocenters. The summed E-state index contributed by atoms with van der Waals surface area (Å²) >= 11 is 3.54. The lowest BCUT2D eigenvalue weighted by molar-refractivity contribution is 0.297. The Morgan fingerprint density at radius 2 is 2.11 bits per heavy atom. The lowest BCUT2D eigenvalue weighted by atomic mass is 10.0. The highest BCUT2D eigenvalue weighted by Gasteiger charge is 2.25. The molecule has 1 saturated carbocycles. The van der Waals surface area contributed by atoms with Crippen molar-refractivity contribution in [3.8, 4) is 0 Å². The maximum absolute atomic E-state index is 9.37. The van der Waals surface area contributed by atoms with E-state index in [1.165, 1.54) is 31.4 Å². The molecule has 0 radical (unpaired) electrons. The number of nitrogens with two attached hydrogens (primary N) is 1. The number of aliphatic hydroxyl groups is 1. The molecule has 1 fully saturated rings. The molecule has 0 amide bonds. The number of halogens is 1. The first-order valence-corrected chi connectivity index (χ1v) is 7.85. The number of nitrogens with zero attached hydrogens (tertiary/aromatic N) is 1. The summed E-state index contributed by atoms with van der Waals surface area (Å²) in [6, 6.07) is 6.80. The van der Waals surface area contributed by atoms with Crippen LogP contribution in [-0.2, 0) is 0 Å². The smallest absolute Gasteiger partial charge is 0.0606 e. The normalized spacial score (nSPS) is 17.7. The Morgan fingerprint density at radius 3 is 2.68 bits per heavy atom. The fraction of sp³-hybridized carbons (Fsp3) is 0.600. The van der Waals surface area contributed by atoms with Crippen LogP contribution in [0.2, 0.25) is 0 Å². The van der Waals surface area contributed by atoms with Gasteiger partial charge in [-0.05, 0) is 37.5 Å². The second-order valence-electron chi connectivity index (χ2n) is 5.35. The summed E-state index contributed by atoms with van der Waals surface area (Å²) in [5.41, 5.74) is 8.42. The molecule has 106 valence electrons. The van der Waals surface area contributed by atoms with E-state index in [-0.39, 0.29) is 12.6 Å². The van der Waals surface area contributed by atoms with Crippen molar-refractivity contribution in [2.75, 3.05) is 18.1 Å². The van der Waals surface area contributed by atoms with Crippen LogP contribution >= 0.6 is 15.9 Å². The van der Waals surface area contributed by atoms with E-state index >= 15 is 0 Å². The minimum Gasteiger partial charge on any atom is -0.395 e. The van der Waals surface area contributed by atoms with E-state index in [2.05, 4.69) is 33.0 Å². The van der Waals surface area contributed by atoms with Crippen molar-refractivity contribution in [2.24, 2.45) is 5.73 Å². The third-order valence-corrected chi connectivity index (χ3v) is 4.39. The van der Waals surface area contributed by atoms with Gasteiger partial charge in [-0.15, -0.1) is 0 Å². The zero-order valence-electron chi connectivity index (χ0n) is 11.5. The first kappa shape index (κ1) is 14.8. The summed E-state index contributed by atoms with van der Waals surface area (Å²) in [6.07, 6.45) is 5.00. The van der Waals surface area contributed by atoms with Gasteiger partial charge >= 0.3 is 0 Å². The summed E-state index contributed by atoms with van der Waals surface area (Å²) in [4.78, 5) is 2.34. The molecule has 1 aliphatic rings. The maximum atomic E-state index is 9.37. The van der Waals surface area contributed by atoms with Crippen LogP contribution in [0, 0.1) is 0 Å². The SMILES string of the molecule is CC(N)c1ccc(Br)cc1N(CCO)C1CCCC1. The second kappa shape index (κ2) is 6.73. The van der Waals surface area contributed by atoms with Crippen LogP contribution in [0.1, 0.15) is 44.2 Å². The Bertz CT molecular complexity index is 417. The van der Waals surface area contributed by atoms with E-state index in [1.54, 1.807) is 0 Å². The Hall–Kier alpha value is -0.580. The molecule has 1 aliphatic carbocycles. The van der Waals surface area contributed by atoms with Gasteiger partial charge < -0.3 is 15.7 Å². The predicted octanol–water partition coefficient (Wildman–Crippen LogP) is 3.21. The number of hydrogen-bond donors (Lipinski definition) is 2. The Balaban J connectivity index is 2.36. The third kappa shape index (κ3) is 3.50. The zero-order valence-corrected chi connectivity index (χ0v) is 13.1. The fourth-order valence-electron chi connectivity index (χ4n) is 2.97. The van der Waals surface area contributed by atoms with Gasteiger partial charge in [-0.25, -0.2) is 0 Å². The van der Waals surface area contributed by atoms with Gasteiger partial charge in [-0.1, -0.05) is 34.8 Å². The van der Waals surface area contributed by atoms with Crippen molar-refractivity contribution >= 4 is 21.6 Å². The largest absolute Gasteiger partial charge is 0.395 e. The van der Waals surface area contributed by atoms with E-state index in [0.29, 0.717) is 12.6 Å². The minimum absolute atomic E-state index is 0.00527. The van der Waals surface area contributed by atoms with Gasteiger partial charge in [0, 0.05) is 28.8 Å². The number of rotatable bonds is 5. The molecule has 0 heterocycles. The molecule has 0 aliphatic heterocycles. The van der Waals surface area contributed by atoms with E-state index in [4.69, 9.17) is 5.73 Å². The van der Waals surface area contributed by atoms with Crippen LogP contribution < -0.4 is 10.6 Å². The minimum atomic E-state index is 0.00527. The van der Waals surface area contributed by atoms with E-state index < -0.39 is 0 Å². The lowest BCUT2D eigenvalue weighted by Gasteiger charge is -2.33. The van der Waals surface area contributed by atoms with Crippen LogP contribution in [0.15, 0.2) is 22.7 Å². The molecule has 0 aromatic heterocycles. The van der Waals surface area contributed by atoms with Gasteiger partial charge in [0.25, 0.3) is 0 Å². The van der Waals surface area contributed by atoms with Crippen LogP contribution in [0.25, 0.3) is 0 Å². The molecule has 0 spiro atoms. The van der Waals surface area contributed by atoms with Crippen LogP contribution in [0.4, 0.5) is 5.69 Å². The lowest BCUT2D eigenvalue weighted by Crippen LogP contribution is -2.36. The standard InChI is InChI=1S/C15H23BrN2O/c1-11(17)14-7-6-12(16)10-15(14)18(8-9-19)13-4-2-3-5-13/h6-7,10-11,13,19H,2-5,8-9,17H2,1H3. The highest BCUT2D eigenvalue weighted by molar-refractivity contribution is 9.10. The average molecular weight is 327 g/mol. The monoisotopic (exact) mass is 326 g/mol. The van der Waals surface area contributed by atoms with Crippen molar-refractivity contribution < 1.29 is 5.11 Å². The summed E-state index contributed by atoms with van der Waals surface area (Å²) in [6.45, 7) is 2.88. The Labute approximate surface area is 123 Å². The number of benzene rings is 1. The number of hydrogen-bond acceptors (Lipinski definition) is 3. The molecule has 0 saturated heterocycles. The second-order valence-corrected chi connectivity index (χ2v) is 6.26. The molecule has 1 aromatic rings. The molecular formula is C15H23BrN2O. The summed E-state index contributed by atoms with van der Waals surface area (Å²) in [5.74, 6) is 0. The van der Waals surface area contributed by atoms with Crippen molar-refractivity contribution in [3.05, 3.63) is 28.2 Å². The zero-order chi connectivity index (χ0) is 13.8. The first-order chi connectivity index (χ1) is 9.13. The summed E-state index contributed by atoms with van der Waals surface area (Å²) < 4.78 is 1.06. The topological polar surface area (TPSA) is 49.5 Å². The van der Waals surface area contributed by atoms with E-state index in [0.717, 1.165) is 10.0 Å². The van der Waals surface area contributed by atoms with Crippen LogP contribution in [-0.4, -0.2) is 24.3 Å². The van der Waals surface area contributed by atoms with Crippen molar-refractivity contribution in [3.63, 3.8) is 0 Å². The molecule has 1 aromatic carbocycles. The highest BCUT2D eigenvalue weighted by atomic mass is 79.9. The van der Waals surface area contributed by atoms with Gasteiger partial charge in [-0.2, -0.15) is 0 Å². The molecule has 19 heavy (non-hydrogen) atoms. The summed E-state index contributed by atoms with van der Waals surface area (Å²) in [7, 11) is 0. The third-order valence-electron chi connectivity index (χ3n) is 3.90. The van der Waals surface area contributed by atoms with Crippen molar-refractivity contribution in [1.82, 2.24) is 0 Å². The highest BCUT2D eigenvalue weighted by Crippen LogP contribution is 2.34. The number of aliphatic hydroxyl groups excluding tert-OH is 1. The summed E-state index contributed by atoms with van der Waals surface area (Å²) in [5, 5.41) is 9.37. The Morgan fingerprint density at radius 1 is 1.42 bits per heavy atom. The Kier molecular flexibility index (Phi) is 5.25. The molecule has 0 bridgehead atoms. The van der Waals surface area contributed by atoms with Gasteiger partial charge in [0.2, 0.25) is 0 Å². The molecule has 4 heteroatoms. The molecule has 2 rings (SSSR count). The van der Waals surface area contributed by atoms with Crippen LogP contribution in [0.3, 0.4) is 0 Å². The predicted molar refractivity (Wildman–Crippen MR) is 83.4 cm³/mol. The number of anilines is 1. The molecule has 3 N–H and O–H groups in total. The van der Waals surface area contributed by atoms with Crippen molar-refractivity contribution in [1.29, 1.82) is 0 Å². The van der Waals surface area contributed by atoms with Gasteiger partial charge in [0.1, 0.15) is 0 Å². The van der Waals surface area contributed by atoms with Gasteiger partial charge in [0.15, 0.2) is 0 Å². The fourth-order valence-corrected chi connectivity index (χ4v) is 3.32. The first-order valence-electron chi connectivity index (χ1n) is 7.06. The van der Waals surface area contributed by atoms with E-state index in [9.17, 15) is 5.11 Å². The quantitative estimate of drug-likeness (QED) is 0.873. The van der Waals surface area contributed by atoms with Crippen LogP contribution in [0.5, 0.6) is 0 Å².